The van der Waals surface area contributed by atoms with Crippen molar-refractivity contribution in [3.63, 3.8) is 0 Å². The Labute approximate surface area is 156 Å². The van der Waals surface area contributed by atoms with E-state index in [1.165, 1.54) is 0 Å². The summed E-state index contributed by atoms with van der Waals surface area (Å²) in [6.45, 7) is 2.02. The molecule has 6 heteroatoms. The van der Waals surface area contributed by atoms with Crippen molar-refractivity contribution in [3.05, 3.63) is 84.2 Å². The van der Waals surface area contributed by atoms with Gasteiger partial charge in [-0.1, -0.05) is 55.5 Å². The Bertz CT molecular complexity index is 994. The van der Waals surface area contributed by atoms with Crippen molar-refractivity contribution in [3.8, 4) is 16.9 Å². The molecule has 0 saturated heterocycles. The van der Waals surface area contributed by atoms with E-state index in [4.69, 9.17) is 0 Å². The minimum atomic E-state index is -0.295. The molecule has 0 unspecified atom stereocenters. The number of rotatable bonds is 5. The number of H-pyrrole nitrogens is 1. The minimum absolute atomic E-state index is 0.295. The molecule has 0 radical (unpaired) electrons. The molecule has 0 atom stereocenters. The zero-order valence-corrected chi connectivity index (χ0v) is 14.9. The maximum Gasteiger partial charge on any atom is 0.277 e. The van der Waals surface area contributed by atoms with Crippen molar-refractivity contribution in [1.82, 2.24) is 20.0 Å². The molecule has 0 aliphatic carbocycles. The number of nitrogens with one attached hydrogen (secondary N) is 2. The smallest absolute Gasteiger partial charge is 0.277 e. The summed E-state index contributed by atoms with van der Waals surface area (Å²) in [7, 11) is 0. The number of anilines is 1. The van der Waals surface area contributed by atoms with Gasteiger partial charge in [0.2, 0.25) is 0 Å². The zero-order chi connectivity index (χ0) is 18.6. The normalized spacial score (nSPS) is 10.7. The first kappa shape index (κ1) is 16.8. The van der Waals surface area contributed by atoms with Gasteiger partial charge in [0.25, 0.3) is 5.91 Å². The number of para-hydroxylation sites is 1. The van der Waals surface area contributed by atoms with Crippen LogP contribution in [0.15, 0.2) is 72.8 Å². The molecule has 2 N–H and O–H groups in total. The minimum Gasteiger partial charge on any atom is -0.304 e. The number of aryl methyl sites for hydroxylation is 1. The average Bonchev–Trinajstić information content (AvgIpc) is 3.36. The van der Waals surface area contributed by atoms with Gasteiger partial charge in [0.1, 0.15) is 0 Å². The Morgan fingerprint density at radius 1 is 1.04 bits per heavy atom. The van der Waals surface area contributed by atoms with Crippen molar-refractivity contribution in [1.29, 1.82) is 0 Å². The van der Waals surface area contributed by atoms with Gasteiger partial charge in [-0.2, -0.15) is 10.2 Å². The molecule has 134 valence electrons. The lowest BCUT2D eigenvalue weighted by atomic mass is 10.1. The van der Waals surface area contributed by atoms with E-state index < -0.39 is 0 Å². The summed E-state index contributed by atoms with van der Waals surface area (Å²) in [5.41, 5.74) is 4.02. The van der Waals surface area contributed by atoms with Crippen LogP contribution in [0.4, 0.5) is 5.82 Å². The molecule has 2 heterocycles. The van der Waals surface area contributed by atoms with Crippen LogP contribution in [-0.2, 0) is 6.42 Å². The third kappa shape index (κ3) is 3.50. The summed E-state index contributed by atoms with van der Waals surface area (Å²) in [6, 6.07) is 23.3. The Morgan fingerprint density at radius 2 is 1.74 bits per heavy atom. The third-order valence-corrected chi connectivity index (χ3v) is 4.27. The first-order valence-electron chi connectivity index (χ1n) is 8.81. The zero-order valence-electron chi connectivity index (χ0n) is 14.9. The van der Waals surface area contributed by atoms with Crippen LogP contribution in [0.5, 0.6) is 0 Å². The van der Waals surface area contributed by atoms with E-state index in [1.807, 2.05) is 73.7 Å². The number of amides is 1. The van der Waals surface area contributed by atoms with E-state index >= 15 is 0 Å². The lowest BCUT2D eigenvalue weighted by Crippen LogP contribution is -2.13. The Balaban J connectivity index is 1.71. The number of carbonyl (C=O) groups is 1. The van der Waals surface area contributed by atoms with Crippen LogP contribution in [0.2, 0.25) is 0 Å². The Morgan fingerprint density at radius 3 is 2.41 bits per heavy atom. The van der Waals surface area contributed by atoms with Crippen LogP contribution >= 0.6 is 0 Å². The highest BCUT2D eigenvalue weighted by Crippen LogP contribution is 2.24. The topological polar surface area (TPSA) is 75.6 Å². The third-order valence-electron chi connectivity index (χ3n) is 4.27. The van der Waals surface area contributed by atoms with Crippen LogP contribution in [0.25, 0.3) is 16.9 Å². The largest absolute Gasteiger partial charge is 0.304 e. The van der Waals surface area contributed by atoms with Gasteiger partial charge in [-0.25, -0.2) is 4.68 Å². The van der Waals surface area contributed by atoms with E-state index in [-0.39, 0.29) is 5.91 Å². The molecule has 2 aromatic heterocycles. The van der Waals surface area contributed by atoms with Crippen molar-refractivity contribution >= 4 is 11.7 Å². The van der Waals surface area contributed by atoms with Gasteiger partial charge in [0.15, 0.2) is 11.5 Å². The van der Waals surface area contributed by atoms with Gasteiger partial charge in [-0.3, -0.25) is 9.89 Å². The number of carbonyl (C=O) groups excluding carboxylic acids is 1. The van der Waals surface area contributed by atoms with E-state index in [9.17, 15) is 4.79 Å². The predicted octanol–water partition coefficient (Wildman–Crippen LogP) is 4.08. The SMILES string of the molecule is CCc1cc(NC(=O)c2cc(-c3ccccc3)n(-c3ccccc3)n2)n[nH]1. The highest BCUT2D eigenvalue weighted by Gasteiger charge is 2.17. The van der Waals surface area contributed by atoms with Crippen molar-refractivity contribution in [2.24, 2.45) is 0 Å². The maximum absolute atomic E-state index is 12.7. The molecular formula is C21H19N5O. The fourth-order valence-corrected chi connectivity index (χ4v) is 2.86. The molecule has 1 amide bonds. The van der Waals surface area contributed by atoms with Gasteiger partial charge < -0.3 is 5.32 Å². The first-order valence-corrected chi connectivity index (χ1v) is 8.81. The number of hydrogen-bond donors (Lipinski definition) is 2. The van der Waals surface area contributed by atoms with Crippen molar-refractivity contribution in [2.75, 3.05) is 5.32 Å². The van der Waals surface area contributed by atoms with Gasteiger partial charge in [0.05, 0.1) is 11.4 Å². The second kappa shape index (κ2) is 7.29. The molecule has 0 saturated carbocycles. The molecular weight excluding hydrogens is 338 g/mol. The molecule has 4 aromatic rings. The number of aromatic amines is 1. The van der Waals surface area contributed by atoms with Crippen molar-refractivity contribution < 1.29 is 4.79 Å². The highest BCUT2D eigenvalue weighted by molar-refractivity contribution is 6.03. The summed E-state index contributed by atoms with van der Waals surface area (Å²) < 4.78 is 1.78. The second-order valence-electron chi connectivity index (χ2n) is 6.11. The average molecular weight is 357 g/mol. The Kier molecular flexibility index (Phi) is 4.53. The van der Waals surface area contributed by atoms with Gasteiger partial charge in [-0.15, -0.1) is 0 Å². The summed E-state index contributed by atoms with van der Waals surface area (Å²) in [6.07, 6.45) is 0.823. The molecule has 0 fully saturated rings. The van der Waals surface area contributed by atoms with Crippen LogP contribution < -0.4 is 5.32 Å². The Hall–Kier alpha value is -3.67. The molecule has 0 aliphatic heterocycles. The summed E-state index contributed by atoms with van der Waals surface area (Å²) in [5, 5.41) is 14.3. The van der Waals surface area contributed by atoms with E-state index in [1.54, 1.807) is 10.7 Å². The number of hydrogen-bond acceptors (Lipinski definition) is 3. The summed E-state index contributed by atoms with van der Waals surface area (Å²) >= 11 is 0. The van der Waals surface area contributed by atoms with Gasteiger partial charge >= 0.3 is 0 Å². The molecule has 6 nitrogen and oxygen atoms in total. The van der Waals surface area contributed by atoms with E-state index in [2.05, 4.69) is 20.6 Å². The van der Waals surface area contributed by atoms with Crippen LogP contribution in [-0.4, -0.2) is 25.9 Å². The highest BCUT2D eigenvalue weighted by atomic mass is 16.2. The predicted molar refractivity (Wildman–Crippen MR) is 105 cm³/mol. The van der Waals surface area contributed by atoms with Gasteiger partial charge in [-0.05, 0) is 24.6 Å². The molecule has 4 rings (SSSR count). The first-order chi connectivity index (χ1) is 13.2. The summed E-state index contributed by atoms with van der Waals surface area (Å²) in [4.78, 5) is 12.7. The molecule has 0 aliphatic rings. The van der Waals surface area contributed by atoms with Crippen molar-refractivity contribution in [2.45, 2.75) is 13.3 Å². The molecule has 2 aromatic carbocycles. The standard InChI is InChI=1S/C21H19N5O/c1-2-16-13-20(24-23-16)22-21(27)18-14-19(15-9-5-3-6-10-15)26(25-18)17-11-7-4-8-12-17/h3-14H,2H2,1H3,(H2,22,23,24,27). The second-order valence-corrected chi connectivity index (χ2v) is 6.11. The number of aromatic nitrogens is 4. The van der Waals surface area contributed by atoms with Crippen LogP contribution in [0.1, 0.15) is 23.1 Å². The van der Waals surface area contributed by atoms with E-state index in [0.717, 1.165) is 29.1 Å². The lowest BCUT2D eigenvalue weighted by molar-refractivity contribution is 0.102. The number of nitrogens with zero attached hydrogens (tertiary/aromatic N) is 3. The monoisotopic (exact) mass is 357 g/mol. The van der Waals surface area contributed by atoms with Crippen LogP contribution in [0.3, 0.4) is 0 Å². The molecule has 27 heavy (non-hydrogen) atoms. The number of benzene rings is 2. The lowest BCUT2D eigenvalue weighted by Gasteiger charge is -2.07. The molecule has 0 bridgehead atoms. The van der Waals surface area contributed by atoms with Crippen LogP contribution in [0, 0.1) is 0 Å². The quantitative estimate of drug-likeness (QED) is 0.565. The van der Waals surface area contributed by atoms with Gasteiger partial charge in [0, 0.05) is 17.3 Å². The summed E-state index contributed by atoms with van der Waals surface area (Å²) in [5.74, 6) is 0.198. The van der Waals surface area contributed by atoms with E-state index in [0.29, 0.717) is 11.5 Å². The molecule has 0 spiro atoms. The fraction of sp³-hybridized carbons (Fsp3) is 0.0952. The maximum atomic E-state index is 12.7. The fourth-order valence-electron chi connectivity index (χ4n) is 2.86.